The molecule has 18 unspecified atom stereocenters. The van der Waals surface area contributed by atoms with Gasteiger partial charge in [0.2, 0.25) is 11.8 Å². The lowest BCUT2D eigenvalue weighted by molar-refractivity contribution is -0.386. The molecule has 0 saturated carbocycles. The van der Waals surface area contributed by atoms with E-state index in [-0.39, 0.29) is 12.3 Å². The molecular formula is C93H176N2O21. The molecule has 3 fully saturated rings. The number of hydrogen-bond acceptors (Lipinski definition) is 20. The highest BCUT2D eigenvalue weighted by Gasteiger charge is 2.60. The fraction of sp³-hybridized carbons (Fsp3) is 0.946. The van der Waals surface area contributed by atoms with Crippen LogP contribution in [0.25, 0.3) is 0 Å². The van der Waals surface area contributed by atoms with Crippen molar-refractivity contribution in [2.24, 2.45) is 0 Å². The Labute approximate surface area is 702 Å². The molecule has 684 valence electrons. The second-order valence-corrected chi connectivity index (χ2v) is 34.9. The SMILES string of the molecule is CCCCCCCCCCCCCCCCCCCCCCC/C=C/C(O)C(COC1OC(CO)C(OC2OC(CO)C(O)C(OC3(C(=O)O)CC(O)C(NC(C)=O)C(C(O)C(O)CO)O3)C2O)C(O)C1O)NC(=O)CCCCCCCCCCCCCCCCCCCCCCCCCCCCCCCCCCCCCCCCC. The number of carbonyl (C=O) groups excluding carboxylic acids is 2. The molecule has 23 heteroatoms. The van der Waals surface area contributed by atoms with Crippen LogP contribution in [0.4, 0.5) is 0 Å². The van der Waals surface area contributed by atoms with Gasteiger partial charge in [-0.15, -0.1) is 0 Å². The van der Waals surface area contributed by atoms with E-state index in [4.69, 9.17) is 28.4 Å². The summed E-state index contributed by atoms with van der Waals surface area (Å²) in [6.07, 6.45) is 54.3. The van der Waals surface area contributed by atoms with E-state index in [0.717, 1.165) is 51.9 Å². The number of nitrogens with one attached hydrogen (secondary N) is 2. The summed E-state index contributed by atoms with van der Waals surface area (Å²) in [4.78, 5) is 38.8. The minimum atomic E-state index is -3.08. The van der Waals surface area contributed by atoms with Gasteiger partial charge in [-0.1, -0.05) is 398 Å². The number of unbranched alkanes of at least 4 members (excludes halogenated alkanes) is 59. The summed E-state index contributed by atoms with van der Waals surface area (Å²) in [5, 5.41) is 137. The number of carboxylic acids is 1. The van der Waals surface area contributed by atoms with Crippen molar-refractivity contribution in [1.82, 2.24) is 10.6 Å². The first-order valence-corrected chi connectivity index (χ1v) is 48.1. The molecule has 3 aliphatic heterocycles. The Morgan fingerprint density at radius 3 is 1.15 bits per heavy atom. The highest BCUT2D eigenvalue weighted by molar-refractivity contribution is 5.77. The molecule has 0 spiro atoms. The van der Waals surface area contributed by atoms with Crippen LogP contribution in [0.1, 0.15) is 425 Å². The topological polar surface area (TPSA) is 373 Å². The Hall–Kier alpha value is -2.53. The van der Waals surface area contributed by atoms with Crippen LogP contribution in [0.15, 0.2) is 12.2 Å². The van der Waals surface area contributed by atoms with Gasteiger partial charge >= 0.3 is 5.97 Å². The molecule has 18 atom stereocenters. The number of amides is 2. The smallest absolute Gasteiger partial charge is 0.364 e. The van der Waals surface area contributed by atoms with Crippen molar-refractivity contribution in [2.75, 3.05) is 26.4 Å². The fourth-order valence-electron chi connectivity index (χ4n) is 17.0. The number of allylic oxidation sites excluding steroid dienone is 1. The minimum absolute atomic E-state index is 0.206. The van der Waals surface area contributed by atoms with Crippen LogP contribution < -0.4 is 10.6 Å². The van der Waals surface area contributed by atoms with Gasteiger partial charge in [0, 0.05) is 19.8 Å². The standard InChI is InChI=1S/C93H176N2O21/c1-4-6-8-10-12-14-16-18-20-22-24-26-28-29-30-31-32-33-34-35-36-37-38-39-40-41-42-43-45-47-49-51-53-55-57-59-61-63-65-67-80(103)95-74(75(100)66-64-62-60-58-56-54-52-50-48-46-44-27-25-23-21-19-17-15-13-11-9-7-5-2)72-111-90-85(107)84(106)87(79(71-98)113-90)114-91-86(108)89(83(105)78(70-97)112-91)116-93(92(109)110)68-76(101)81(94-73(3)99)88(115-93)82(104)77(102)69-96/h64,66,74-79,81-91,96-98,100-102,104-108H,4-63,65,67-72H2,1-3H3,(H,94,99)(H,95,103)(H,109,110)/b66-64+. The number of carbonyl (C=O) groups is 3. The van der Waals surface area contributed by atoms with Crippen LogP contribution in [-0.4, -0.2) is 215 Å². The summed E-state index contributed by atoms with van der Waals surface area (Å²) < 4.78 is 35.0. The lowest BCUT2D eigenvalue weighted by Gasteiger charge is -2.50. The summed E-state index contributed by atoms with van der Waals surface area (Å²) >= 11 is 0. The van der Waals surface area contributed by atoms with Crippen molar-refractivity contribution in [3.05, 3.63) is 12.2 Å². The van der Waals surface area contributed by atoms with Crippen molar-refractivity contribution in [2.45, 2.75) is 535 Å². The predicted molar refractivity (Wildman–Crippen MR) is 458 cm³/mol. The van der Waals surface area contributed by atoms with E-state index in [1.165, 1.54) is 334 Å². The number of aliphatic carboxylic acids is 1. The Bertz CT molecular complexity index is 2330. The zero-order chi connectivity index (χ0) is 84.5. The Morgan fingerprint density at radius 2 is 0.802 bits per heavy atom. The molecule has 0 bridgehead atoms. The Balaban J connectivity index is 1.40. The molecule has 3 heterocycles. The summed E-state index contributed by atoms with van der Waals surface area (Å²) in [5.41, 5.74) is 0. The monoisotopic (exact) mass is 1660 g/mol. The van der Waals surface area contributed by atoms with Crippen molar-refractivity contribution in [1.29, 1.82) is 0 Å². The molecule has 0 aromatic heterocycles. The van der Waals surface area contributed by atoms with Crippen molar-refractivity contribution in [3.8, 4) is 0 Å². The molecule has 0 aromatic rings. The number of carboxylic acid groups (broad SMARTS) is 1. The first-order chi connectivity index (χ1) is 56.4. The summed E-state index contributed by atoms with van der Waals surface area (Å²) in [6.45, 7) is 2.23. The van der Waals surface area contributed by atoms with Crippen molar-refractivity contribution in [3.63, 3.8) is 0 Å². The van der Waals surface area contributed by atoms with Crippen LogP contribution in [0.3, 0.4) is 0 Å². The molecule has 116 heavy (non-hydrogen) atoms. The predicted octanol–water partition coefficient (Wildman–Crippen LogP) is 16.4. The maximum absolute atomic E-state index is 13.6. The van der Waals surface area contributed by atoms with E-state index < -0.39 is 155 Å². The molecule has 2 amide bonds. The van der Waals surface area contributed by atoms with Gasteiger partial charge in [-0.2, -0.15) is 0 Å². The van der Waals surface area contributed by atoms with Gasteiger partial charge in [0.05, 0.1) is 50.7 Å². The number of aliphatic hydroxyl groups excluding tert-OH is 11. The third kappa shape index (κ3) is 48.5. The van der Waals surface area contributed by atoms with Gasteiger partial charge in [0.25, 0.3) is 5.79 Å². The Morgan fingerprint density at radius 1 is 0.448 bits per heavy atom. The second-order valence-electron chi connectivity index (χ2n) is 34.9. The summed E-state index contributed by atoms with van der Waals surface area (Å²) in [6, 6.07) is -2.62. The van der Waals surface area contributed by atoms with Gasteiger partial charge in [0.1, 0.15) is 67.1 Å². The van der Waals surface area contributed by atoms with Crippen LogP contribution >= 0.6 is 0 Å². The maximum Gasteiger partial charge on any atom is 0.364 e. The zero-order valence-corrected chi connectivity index (χ0v) is 73.4. The summed E-state index contributed by atoms with van der Waals surface area (Å²) in [5.74, 6) is -6.13. The molecule has 0 aliphatic carbocycles. The van der Waals surface area contributed by atoms with E-state index in [1.54, 1.807) is 6.08 Å². The van der Waals surface area contributed by atoms with Gasteiger partial charge in [-0.3, -0.25) is 9.59 Å². The average Bonchev–Trinajstić information content (AvgIpc) is 0.754. The molecule has 14 N–H and O–H groups in total. The third-order valence-electron chi connectivity index (χ3n) is 24.5. The van der Waals surface area contributed by atoms with E-state index in [2.05, 4.69) is 24.5 Å². The molecule has 23 nitrogen and oxygen atoms in total. The largest absolute Gasteiger partial charge is 0.477 e. The first kappa shape index (κ1) is 108. The van der Waals surface area contributed by atoms with Crippen LogP contribution in [-0.2, 0) is 42.8 Å². The average molecular weight is 1660 g/mol. The second kappa shape index (κ2) is 70.8. The maximum atomic E-state index is 13.6. The van der Waals surface area contributed by atoms with Gasteiger partial charge < -0.3 is 100 Å². The van der Waals surface area contributed by atoms with Gasteiger partial charge in [-0.25, -0.2) is 4.79 Å². The van der Waals surface area contributed by atoms with Crippen molar-refractivity contribution < 1.29 is 104 Å². The van der Waals surface area contributed by atoms with E-state index in [1.807, 2.05) is 6.08 Å². The summed E-state index contributed by atoms with van der Waals surface area (Å²) in [7, 11) is 0. The first-order valence-electron chi connectivity index (χ1n) is 48.1. The quantitative estimate of drug-likeness (QED) is 0.0199. The van der Waals surface area contributed by atoms with E-state index in [0.29, 0.717) is 12.8 Å². The highest BCUT2D eigenvalue weighted by Crippen LogP contribution is 2.39. The molecular weight excluding hydrogens is 1480 g/mol. The Kier molecular flexibility index (Phi) is 65.7. The zero-order valence-electron chi connectivity index (χ0n) is 73.4. The number of ether oxygens (including phenoxy) is 6. The highest BCUT2D eigenvalue weighted by atomic mass is 16.8. The third-order valence-corrected chi connectivity index (χ3v) is 24.5. The number of rotatable bonds is 79. The molecule has 3 saturated heterocycles. The van der Waals surface area contributed by atoms with E-state index in [9.17, 15) is 75.7 Å². The van der Waals surface area contributed by atoms with E-state index >= 15 is 0 Å². The van der Waals surface area contributed by atoms with Crippen LogP contribution in [0.5, 0.6) is 0 Å². The number of aliphatic hydroxyl groups is 11. The normalized spacial score (nSPS) is 24.9. The van der Waals surface area contributed by atoms with Crippen LogP contribution in [0, 0.1) is 0 Å². The lowest BCUT2D eigenvalue weighted by Crippen LogP contribution is -2.70. The van der Waals surface area contributed by atoms with Gasteiger partial charge in [0.15, 0.2) is 12.6 Å². The molecule has 0 radical (unpaired) electrons. The van der Waals surface area contributed by atoms with Crippen LogP contribution in [0.2, 0.25) is 0 Å². The minimum Gasteiger partial charge on any atom is -0.477 e. The van der Waals surface area contributed by atoms with Gasteiger partial charge in [-0.05, 0) is 19.3 Å². The molecule has 3 aliphatic rings. The lowest BCUT2D eigenvalue weighted by atomic mass is 9.88. The van der Waals surface area contributed by atoms with Crippen molar-refractivity contribution >= 4 is 17.8 Å². The molecule has 0 aromatic carbocycles. The number of hydrogen-bond donors (Lipinski definition) is 14. The fourth-order valence-corrected chi connectivity index (χ4v) is 17.0. The molecule has 3 rings (SSSR count).